The predicted molar refractivity (Wildman–Crippen MR) is 139 cm³/mol. The highest BCUT2D eigenvalue weighted by Gasteiger charge is 2.36. The summed E-state index contributed by atoms with van der Waals surface area (Å²) < 4.78 is 42.2. The Balaban J connectivity index is 1.54. The van der Waals surface area contributed by atoms with Gasteiger partial charge < -0.3 is 0 Å². The number of aromatic nitrogens is 1. The number of fused-ring (bicyclic) bond motifs is 1. The molecular weight excluding hydrogens is 523 g/mol. The molecule has 182 valence electrons. The van der Waals surface area contributed by atoms with Crippen LogP contribution >= 0.6 is 23.4 Å². The van der Waals surface area contributed by atoms with Crippen LogP contribution in [0.3, 0.4) is 0 Å². The van der Waals surface area contributed by atoms with Gasteiger partial charge in [-0.05, 0) is 55.1 Å². The standard InChI is InChI=1S/C26H18ClFN2O4S2/c1-16-9-11-18(12-10-16)36(33,34)30-14-17(19-5-2-3-8-23(19)30)13-24-25(31)29(26(32)35-24)15-20-21(27)6-4-7-22(20)28/h2-14H,15H2,1H3/b24-13-. The van der Waals surface area contributed by atoms with E-state index in [1.165, 1.54) is 46.6 Å². The molecule has 0 spiro atoms. The average Bonchev–Trinajstić information content (AvgIpc) is 3.34. The van der Waals surface area contributed by atoms with Gasteiger partial charge in [-0.1, -0.05) is 53.6 Å². The Kier molecular flexibility index (Phi) is 6.23. The summed E-state index contributed by atoms with van der Waals surface area (Å²) in [7, 11) is -3.92. The molecule has 4 aromatic rings. The fourth-order valence-corrected chi connectivity index (χ4v) is 6.36. The first-order chi connectivity index (χ1) is 17.2. The number of nitrogens with zero attached hydrogens (tertiary/aromatic N) is 2. The number of rotatable bonds is 5. The van der Waals surface area contributed by atoms with Gasteiger partial charge in [0.15, 0.2) is 0 Å². The maximum absolute atomic E-state index is 14.2. The normalized spacial score (nSPS) is 15.4. The lowest BCUT2D eigenvalue weighted by Crippen LogP contribution is -2.28. The van der Waals surface area contributed by atoms with E-state index in [1.807, 2.05) is 6.92 Å². The van der Waals surface area contributed by atoms with Crippen LogP contribution < -0.4 is 0 Å². The van der Waals surface area contributed by atoms with Gasteiger partial charge in [0, 0.05) is 27.7 Å². The van der Waals surface area contributed by atoms with Crippen molar-refractivity contribution in [2.75, 3.05) is 0 Å². The number of para-hydroxylation sites is 1. The van der Waals surface area contributed by atoms with Crippen LogP contribution in [0.5, 0.6) is 0 Å². The molecule has 0 aliphatic carbocycles. The fourth-order valence-electron chi connectivity index (χ4n) is 3.93. The van der Waals surface area contributed by atoms with Crippen LogP contribution in [0.1, 0.15) is 16.7 Å². The summed E-state index contributed by atoms with van der Waals surface area (Å²) in [6.07, 6.45) is 2.92. The molecule has 1 fully saturated rings. The molecule has 36 heavy (non-hydrogen) atoms. The maximum atomic E-state index is 14.2. The molecule has 2 heterocycles. The molecule has 0 radical (unpaired) electrons. The molecule has 5 rings (SSSR count). The second-order valence-corrected chi connectivity index (χ2v) is 11.4. The van der Waals surface area contributed by atoms with Gasteiger partial charge in [-0.15, -0.1) is 0 Å². The van der Waals surface area contributed by atoms with Gasteiger partial charge in [0.2, 0.25) is 0 Å². The van der Waals surface area contributed by atoms with Crippen molar-refractivity contribution in [3.8, 4) is 0 Å². The number of hydrogen-bond donors (Lipinski definition) is 0. The summed E-state index contributed by atoms with van der Waals surface area (Å²) in [4.78, 5) is 26.8. The summed E-state index contributed by atoms with van der Waals surface area (Å²) >= 11 is 6.77. The minimum absolute atomic E-state index is 0.0449. The van der Waals surface area contributed by atoms with E-state index < -0.39 is 27.0 Å². The van der Waals surface area contributed by atoms with Gasteiger partial charge in [0.25, 0.3) is 21.2 Å². The number of carbonyl (C=O) groups is 2. The van der Waals surface area contributed by atoms with Crippen molar-refractivity contribution in [2.24, 2.45) is 0 Å². The maximum Gasteiger partial charge on any atom is 0.293 e. The van der Waals surface area contributed by atoms with Crippen LogP contribution in [-0.4, -0.2) is 28.4 Å². The number of hydrogen-bond acceptors (Lipinski definition) is 5. The minimum atomic E-state index is -3.92. The highest BCUT2D eigenvalue weighted by molar-refractivity contribution is 8.18. The zero-order valence-electron chi connectivity index (χ0n) is 18.8. The van der Waals surface area contributed by atoms with Crippen LogP contribution in [-0.2, 0) is 21.4 Å². The van der Waals surface area contributed by atoms with Crippen LogP contribution in [0.4, 0.5) is 9.18 Å². The Morgan fingerprint density at radius 3 is 2.44 bits per heavy atom. The molecule has 3 aromatic carbocycles. The highest BCUT2D eigenvalue weighted by atomic mass is 35.5. The van der Waals surface area contributed by atoms with E-state index in [0.717, 1.165) is 10.5 Å². The third-order valence-corrected chi connectivity index (χ3v) is 8.77. The van der Waals surface area contributed by atoms with Gasteiger partial charge in [-0.3, -0.25) is 14.5 Å². The summed E-state index contributed by atoms with van der Waals surface area (Å²) in [6.45, 7) is 1.56. The molecule has 1 aliphatic heterocycles. The summed E-state index contributed by atoms with van der Waals surface area (Å²) in [5.74, 6) is -1.22. The molecule has 1 saturated heterocycles. The van der Waals surface area contributed by atoms with Gasteiger partial charge >= 0.3 is 0 Å². The first-order valence-electron chi connectivity index (χ1n) is 10.8. The molecule has 0 unspecified atom stereocenters. The van der Waals surface area contributed by atoms with E-state index in [0.29, 0.717) is 28.2 Å². The summed E-state index contributed by atoms with van der Waals surface area (Å²) in [5.41, 5.74) is 1.86. The molecule has 0 N–H and O–H groups in total. The average molecular weight is 541 g/mol. The quantitative estimate of drug-likeness (QED) is 0.281. The van der Waals surface area contributed by atoms with E-state index in [9.17, 15) is 22.4 Å². The van der Waals surface area contributed by atoms with E-state index in [1.54, 1.807) is 36.4 Å². The molecule has 0 atom stereocenters. The van der Waals surface area contributed by atoms with Crippen molar-refractivity contribution in [2.45, 2.75) is 18.4 Å². The Bertz CT molecular complexity index is 1660. The van der Waals surface area contributed by atoms with Crippen molar-refractivity contribution in [1.29, 1.82) is 0 Å². The molecule has 1 aliphatic rings. The van der Waals surface area contributed by atoms with Crippen molar-refractivity contribution < 1.29 is 22.4 Å². The summed E-state index contributed by atoms with van der Waals surface area (Å²) in [5, 5.41) is 0.140. The zero-order chi connectivity index (χ0) is 25.6. The van der Waals surface area contributed by atoms with Crippen LogP contribution in [0.25, 0.3) is 17.0 Å². The lowest BCUT2D eigenvalue weighted by atomic mass is 10.1. The van der Waals surface area contributed by atoms with Crippen LogP contribution in [0.15, 0.2) is 82.7 Å². The van der Waals surface area contributed by atoms with E-state index in [-0.39, 0.29) is 26.9 Å². The van der Waals surface area contributed by atoms with Crippen LogP contribution in [0, 0.1) is 12.7 Å². The molecule has 10 heteroatoms. The first kappa shape index (κ1) is 24.3. The second kappa shape index (κ2) is 9.24. The second-order valence-electron chi connectivity index (χ2n) is 8.18. The number of imide groups is 1. The largest absolute Gasteiger partial charge is 0.293 e. The predicted octanol–water partition coefficient (Wildman–Crippen LogP) is 6.22. The lowest BCUT2D eigenvalue weighted by molar-refractivity contribution is -0.123. The third kappa shape index (κ3) is 4.23. The number of halogens is 2. The number of thioether (sulfide) groups is 1. The van der Waals surface area contributed by atoms with Gasteiger partial charge in [-0.2, -0.15) is 0 Å². The monoisotopic (exact) mass is 540 g/mol. The SMILES string of the molecule is Cc1ccc(S(=O)(=O)n2cc(/C=C3\SC(=O)N(Cc4c(F)cccc4Cl)C3=O)c3ccccc32)cc1. The van der Waals surface area contributed by atoms with Crippen molar-refractivity contribution in [1.82, 2.24) is 8.87 Å². The van der Waals surface area contributed by atoms with Gasteiger partial charge in [0.05, 0.1) is 21.9 Å². The van der Waals surface area contributed by atoms with Crippen molar-refractivity contribution in [3.63, 3.8) is 0 Å². The summed E-state index contributed by atoms with van der Waals surface area (Å²) in [6, 6.07) is 17.5. The number of amides is 2. The smallest absolute Gasteiger partial charge is 0.268 e. The van der Waals surface area contributed by atoms with E-state index in [2.05, 4.69) is 0 Å². The van der Waals surface area contributed by atoms with Crippen molar-refractivity contribution >= 4 is 61.5 Å². The van der Waals surface area contributed by atoms with Crippen molar-refractivity contribution in [3.05, 3.63) is 105 Å². The molecular formula is C26H18ClFN2O4S2. The van der Waals surface area contributed by atoms with Crippen LogP contribution in [0.2, 0.25) is 5.02 Å². The Hall–Kier alpha value is -3.40. The molecule has 0 bridgehead atoms. The number of aryl methyl sites for hydroxylation is 1. The van der Waals surface area contributed by atoms with E-state index in [4.69, 9.17) is 11.6 Å². The Morgan fingerprint density at radius 1 is 1.00 bits per heavy atom. The Morgan fingerprint density at radius 2 is 1.72 bits per heavy atom. The molecule has 2 amide bonds. The lowest BCUT2D eigenvalue weighted by Gasteiger charge is -2.14. The number of carbonyl (C=O) groups excluding carboxylic acids is 2. The van der Waals surface area contributed by atoms with E-state index >= 15 is 0 Å². The molecule has 0 saturated carbocycles. The third-order valence-electron chi connectivity index (χ3n) is 5.82. The topological polar surface area (TPSA) is 76.5 Å². The van der Waals surface area contributed by atoms with Gasteiger partial charge in [0.1, 0.15) is 5.82 Å². The van der Waals surface area contributed by atoms with Gasteiger partial charge in [-0.25, -0.2) is 16.8 Å². The molecule has 6 nitrogen and oxygen atoms in total. The fraction of sp³-hybridized carbons (Fsp3) is 0.0769. The number of benzene rings is 3. The molecule has 1 aromatic heterocycles. The highest BCUT2D eigenvalue weighted by Crippen LogP contribution is 2.36. The Labute approximate surface area is 216 Å². The first-order valence-corrected chi connectivity index (χ1v) is 13.4. The minimum Gasteiger partial charge on any atom is -0.268 e. The zero-order valence-corrected chi connectivity index (χ0v) is 21.2.